The third-order valence-electron chi connectivity index (χ3n) is 3.57. The minimum atomic E-state index is -2.66. The molecule has 1 aliphatic rings. The van der Waals surface area contributed by atoms with Gasteiger partial charge in [-0.1, -0.05) is 0 Å². The number of nitriles is 1. The van der Waals surface area contributed by atoms with Crippen molar-refractivity contribution in [1.82, 2.24) is 4.98 Å². The molecule has 1 aromatic heterocycles. The van der Waals surface area contributed by atoms with E-state index in [0.29, 0.717) is 5.56 Å². The van der Waals surface area contributed by atoms with Crippen molar-refractivity contribution in [1.29, 1.82) is 5.26 Å². The molecule has 1 saturated carbocycles. The number of ketones is 1. The van der Waals surface area contributed by atoms with E-state index in [-0.39, 0.29) is 31.5 Å². The summed E-state index contributed by atoms with van der Waals surface area (Å²) in [5.41, 5.74) is 0.583. The average Bonchev–Trinajstić information content (AvgIpc) is 2.40. The number of carbonyl (C=O) groups is 1. The van der Waals surface area contributed by atoms with E-state index in [0.717, 1.165) is 0 Å². The molecule has 1 atom stereocenters. The molecule has 100 valence electrons. The van der Waals surface area contributed by atoms with E-state index < -0.39 is 17.8 Å². The first-order valence-electron chi connectivity index (χ1n) is 6.24. The Bertz CT molecular complexity index is 486. The van der Waals surface area contributed by atoms with E-state index in [2.05, 4.69) is 4.98 Å². The highest BCUT2D eigenvalue weighted by atomic mass is 19.3. The van der Waals surface area contributed by atoms with Crippen molar-refractivity contribution in [3.63, 3.8) is 0 Å². The van der Waals surface area contributed by atoms with Gasteiger partial charge in [-0.05, 0) is 30.5 Å². The van der Waals surface area contributed by atoms with Gasteiger partial charge in [-0.15, -0.1) is 0 Å². The lowest BCUT2D eigenvalue weighted by molar-refractivity contribution is -0.127. The summed E-state index contributed by atoms with van der Waals surface area (Å²) in [5, 5.41) is 9.14. The molecule has 0 spiro atoms. The zero-order chi connectivity index (χ0) is 13.9. The van der Waals surface area contributed by atoms with Crippen LogP contribution in [0.3, 0.4) is 0 Å². The smallest absolute Gasteiger partial charge is 0.248 e. The summed E-state index contributed by atoms with van der Waals surface area (Å²) in [5.74, 6) is -4.21. The summed E-state index contributed by atoms with van der Waals surface area (Å²) in [6, 6.07) is 5.20. The fraction of sp³-hybridized carbons (Fsp3) is 0.500. The number of aromatic nitrogens is 1. The Balaban J connectivity index is 2.09. The van der Waals surface area contributed by atoms with Crippen molar-refractivity contribution in [3.05, 3.63) is 30.1 Å². The van der Waals surface area contributed by atoms with Gasteiger partial charge < -0.3 is 0 Å². The van der Waals surface area contributed by atoms with Crippen LogP contribution in [0.15, 0.2) is 24.5 Å². The molecule has 1 unspecified atom stereocenters. The number of Topliss-reactive ketones (excluding diaryl/α,β-unsaturated/α-hetero) is 1. The molecule has 1 aromatic rings. The molecular weight excluding hydrogens is 250 g/mol. The number of alkyl halides is 2. The van der Waals surface area contributed by atoms with Gasteiger partial charge >= 0.3 is 0 Å². The van der Waals surface area contributed by atoms with Gasteiger partial charge in [0.25, 0.3) is 0 Å². The highest BCUT2D eigenvalue weighted by molar-refractivity contribution is 5.90. The van der Waals surface area contributed by atoms with E-state index in [1.807, 2.05) is 6.07 Å². The summed E-state index contributed by atoms with van der Waals surface area (Å²) >= 11 is 0. The first-order chi connectivity index (χ1) is 9.03. The molecule has 0 amide bonds. The van der Waals surface area contributed by atoms with Crippen LogP contribution in [0.2, 0.25) is 0 Å². The lowest BCUT2D eigenvalue weighted by Crippen LogP contribution is -2.31. The van der Waals surface area contributed by atoms with Crippen molar-refractivity contribution in [2.75, 3.05) is 0 Å². The van der Waals surface area contributed by atoms with Crippen LogP contribution in [0.5, 0.6) is 0 Å². The highest BCUT2D eigenvalue weighted by Gasteiger charge is 2.39. The predicted molar refractivity (Wildman–Crippen MR) is 64.5 cm³/mol. The van der Waals surface area contributed by atoms with Crippen LogP contribution in [0.4, 0.5) is 8.78 Å². The molecule has 3 nitrogen and oxygen atoms in total. The number of rotatable bonds is 3. The standard InChI is InChI=1S/C14H14F2N2O/c15-14(16)5-1-11(2-6-14)13(19)12(9-17)10-3-7-18-8-4-10/h3-4,7-8,11-12H,1-2,5-6H2. The molecule has 19 heavy (non-hydrogen) atoms. The number of hydrogen-bond donors (Lipinski definition) is 0. The zero-order valence-corrected chi connectivity index (χ0v) is 10.4. The van der Waals surface area contributed by atoms with Crippen molar-refractivity contribution < 1.29 is 13.6 Å². The number of hydrogen-bond acceptors (Lipinski definition) is 3. The Morgan fingerprint density at radius 3 is 2.47 bits per heavy atom. The molecule has 1 aliphatic carbocycles. The van der Waals surface area contributed by atoms with Crippen molar-refractivity contribution >= 4 is 5.78 Å². The van der Waals surface area contributed by atoms with Crippen molar-refractivity contribution in [3.8, 4) is 6.07 Å². The molecule has 0 aromatic carbocycles. The minimum absolute atomic E-state index is 0.162. The maximum Gasteiger partial charge on any atom is 0.248 e. The van der Waals surface area contributed by atoms with Crippen LogP contribution >= 0.6 is 0 Å². The first-order valence-corrected chi connectivity index (χ1v) is 6.24. The topological polar surface area (TPSA) is 53.8 Å². The van der Waals surface area contributed by atoms with Gasteiger partial charge in [0.05, 0.1) is 6.07 Å². The molecule has 0 aliphatic heterocycles. The Morgan fingerprint density at radius 2 is 1.95 bits per heavy atom. The number of halogens is 2. The number of carbonyl (C=O) groups excluding carboxylic acids is 1. The predicted octanol–water partition coefficient (Wildman–Crippen LogP) is 3.08. The molecule has 0 radical (unpaired) electrons. The van der Waals surface area contributed by atoms with Gasteiger partial charge in [0.2, 0.25) is 5.92 Å². The van der Waals surface area contributed by atoms with Crippen LogP contribution in [-0.4, -0.2) is 16.7 Å². The summed E-state index contributed by atoms with van der Waals surface area (Å²) in [7, 11) is 0. The summed E-state index contributed by atoms with van der Waals surface area (Å²) in [6.07, 6.45) is 2.82. The Hall–Kier alpha value is -1.83. The highest BCUT2D eigenvalue weighted by Crippen LogP contribution is 2.38. The first kappa shape index (κ1) is 13.6. The van der Waals surface area contributed by atoms with E-state index in [9.17, 15) is 13.6 Å². The second kappa shape index (κ2) is 5.43. The van der Waals surface area contributed by atoms with Crippen LogP contribution in [0, 0.1) is 17.2 Å². The Morgan fingerprint density at radius 1 is 1.37 bits per heavy atom. The zero-order valence-electron chi connectivity index (χ0n) is 10.4. The van der Waals surface area contributed by atoms with Crippen LogP contribution in [-0.2, 0) is 4.79 Å². The lowest BCUT2D eigenvalue weighted by atomic mass is 9.79. The maximum absolute atomic E-state index is 13.1. The van der Waals surface area contributed by atoms with Gasteiger partial charge in [0.1, 0.15) is 5.92 Å². The van der Waals surface area contributed by atoms with Crippen LogP contribution in [0.1, 0.15) is 37.2 Å². The minimum Gasteiger partial charge on any atom is -0.298 e. The quantitative estimate of drug-likeness (QED) is 0.843. The molecule has 0 bridgehead atoms. The Labute approximate surface area is 110 Å². The fourth-order valence-corrected chi connectivity index (χ4v) is 2.42. The largest absolute Gasteiger partial charge is 0.298 e. The van der Waals surface area contributed by atoms with Crippen molar-refractivity contribution in [2.24, 2.45) is 5.92 Å². The molecule has 1 fully saturated rings. The summed E-state index contributed by atoms with van der Waals surface area (Å²) in [4.78, 5) is 16.1. The molecule has 2 rings (SSSR count). The number of pyridine rings is 1. The molecule has 1 heterocycles. The second-order valence-electron chi connectivity index (χ2n) is 4.88. The average molecular weight is 264 g/mol. The fourth-order valence-electron chi connectivity index (χ4n) is 2.42. The summed E-state index contributed by atoms with van der Waals surface area (Å²) in [6.45, 7) is 0. The third-order valence-corrected chi connectivity index (χ3v) is 3.57. The third kappa shape index (κ3) is 3.14. The van der Waals surface area contributed by atoms with Crippen LogP contribution in [0.25, 0.3) is 0 Å². The Kier molecular flexibility index (Phi) is 3.89. The molecule has 0 saturated heterocycles. The molecular formula is C14H14F2N2O. The van der Waals surface area contributed by atoms with Gasteiger partial charge in [-0.25, -0.2) is 8.78 Å². The molecule has 5 heteroatoms. The van der Waals surface area contributed by atoms with Gasteiger partial charge in [-0.3, -0.25) is 9.78 Å². The van der Waals surface area contributed by atoms with Gasteiger partial charge in [-0.2, -0.15) is 5.26 Å². The van der Waals surface area contributed by atoms with E-state index in [1.165, 1.54) is 12.4 Å². The van der Waals surface area contributed by atoms with E-state index in [1.54, 1.807) is 12.1 Å². The normalized spacial score (nSPS) is 20.5. The van der Waals surface area contributed by atoms with Gasteiger partial charge in [0.15, 0.2) is 5.78 Å². The van der Waals surface area contributed by atoms with Crippen LogP contribution < -0.4 is 0 Å². The lowest BCUT2D eigenvalue weighted by Gasteiger charge is -2.28. The second-order valence-corrected chi connectivity index (χ2v) is 4.88. The van der Waals surface area contributed by atoms with E-state index in [4.69, 9.17) is 5.26 Å². The molecule has 0 N–H and O–H groups in total. The summed E-state index contributed by atoms with van der Waals surface area (Å²) < 4.78 is 26.1. The maximum atomic E-state index is 13.1. The van der Waals surface area contributed by atoms with Crippen molar-refractivity contribution in [2.45, 2.75) is 37.5 Å². The SMILES string of the molecule is N#CC(C(=O)C1CCC(F)(F)CC1)c1ccncc1. The monoisotopic (exact) mass is 264 g/mol. The van der Waals surface area contributed by atoms with Gasteiger partial charge in [0, 0.05) is 31.2 Å². The van der Waals surface area contributed by atoms with E-state index >= 15 is 0 Å². The number of nitrogens with zero attached hydrogens (tertiary/aromatic N) is 2.